The Kier molecular flexibility index (Phi) is 14.9. The van der Waals surface area contributed by atoms with Crippen LogP contribution in [0.25, 0.3) is 0 Å². The van der Waals surface area contributed by atoms with Gasteiger partial charge in [0.25, 0.3) is 0 Å². The van der Waals surface area contributed by atoms with Crippen LogP contribution in [0.4, 0.5) is 0 Å². The molecule has 0 bridgehead atoms. The van der Waals surface area contributed by atoms with Gasteiger partial charge in [-0.05, 0) is 0 Å². The van der Waals surface area contributed by atoms with E-state index >= 15 is 0 Å². The predicted octanol–water partition coefficient (Wildman–Crippen LogP) is -2.92. The smallest absolute Gasteiger partial charge is 1.00 e. The Morgan fingerprint density at radius 2 is 0.660 bits per heavy atom. The van der Waals surface area contributed by atoms with E-state index in [1.165, 1.54) is 22.3 Å². The molecule has 1 aliphatic rings. The molecule has 0 aliphatic heterocycles. The summed E-state index contributed by atoms with van der Waals surface area (Å²) in [5, 5.41) is 3.12. The number of methoxy groups -OCH3 is 6. The van der Waals surface area contributed by atoms with Crippen LogP contribution in [0.15, 0.2) is 58.7 Å². The molecule has 0 unspecified atom stereocenters. The third-order valence-electron chi connectivity index (χ3n) is 9.74. The molecule has 0 saturated carbocycles. The van der Waals surface area contributed by atoms with Gasteiger partial charge < -0.3 is 37.2 Å². The molecular weight excluding hydrogens is 711 g/mol. The number of ether oxygens (including phenoxy) is 6. The Morgan fingerprint density at radius 3 is 0.872 bits per heavy atom. The fraction of sp³-hybridized carbons (Fsp3) is 0.389. The number of hydrogen-bond donors (Lipinski definition) is 0. The van der Waals surface area contributed by atoms with Crippen molar-refractivity contribution in [3.63, 3.8) is 0 Å². The Labute approximate surface area is 312 Å². The number of benzene rings is 3. The average molecular weight is 756 g/mol. The second-order valence-electron chi connectivity index (χ2n) is 11.6. The summed E-state index contributed by atoms with van der Waals surface area (Å²) < 4.78 is 36.5. The molecule has 6 nitrogen and oxygen atoms in total. The molecule has 47 heavy (non-hydrogen) atoms. The molecule has 254 valence electrons. The van der Waals surface area contributed by atoms with Gasteiger partial charge in [-0.1, -0.05) is 0 Å². The van der Waals surface area contributed by atoms with Crippen molar-refractivity contribution in [2.24, 2.45) is 0 Å². The van der Waals surface area contributed by atoms with Gasteiger partial charge in [0.2, 0.25) is 0 Å². The number of aryl methyl sites for hydroxylation is 3. The van der Waals surface area contributed by atoms with E-state index in [0.717, 1.165) is 66.7 Å². The minimum absolute atomic E-state index is 0. The summed E-state index contributed by atoms with van der Waals surface area (Å²) in [6.45, 7) is 15.1. The molecule has 0 saturated heterocycles. The zero-order valence-electron chi connectivity index (χ0n) is 29.5. The third kappa shape index (κ3) is 6.45. The molecule has 4 rings (SSSR count). The van der Waals surface area contributed by atoms with Gasteiger partial charge in [-0.25, -0.2) is 0 Å². The number of halogens is 3. The molecule has 1 aliphatic carbocycles. The molecule has 0 radical (unpaired) electrons. The summed E-state index contributed by atoms with van der Waals surface area (Å²) in [5.74, 6) is 4.69. The summed E-state index contributed by atoms with van der Waals surface area (Å²) in [6, 6.07) is 12.8. The van der Waals surface area contributed by atoms with E-state index in [9.17, 15) is 0 Å². The maximum absolute atomic E-state index is 6.31. The molecular formula is C36H45Cl3O6SiTi. The normalized spacial score (nSPS) is 13.7. The van der Waals surface area contributed by atoms with Crippen LogP contribution >= 0.6 is 0 Å². The summed E-state index contributed by atoms with van der Waals surface area (Å²) in [4.78, 5) is 0. The van der Waals surface area contributed by atoms with E-state index in [0.29, 0.717) is 0 Å². The van der Waals surface area contributed by atoms with E-state index in [2.05, 4.69) is 84.5 Å². The van der Waals surface area contributed by atoms with Gasteiger partial charge >= 0.3 is 277 Å². The monoisotopic (exact) mass is 754 g/mol. The Bertz CT molecular complexity index is 1510. The van der Waals surface area contributed by atoms with E-state index < -0.39 is 11.4 Å². The van der Waals surface area contributed by atoms with Gasteiger partial charge in [0.15, 0.2) is 0 Å². The third-order valence-corrected chi connectivity index (χ3v) is 18.1. The van der Waals surface area contributed by atoms with E-state index in [1.54, 1.807) is 42.7 Å². The molecule has 3 aromatic carbocycles. The van der Waals surface area contributed by atoms with Crippen LogP contribution in [0.2, 0.25) is 3.34 Å². The van der Waals surface area contributed by atoms with Crippen LogP contribution in [0.5, 0.6) is 34.5 Å². The summed E-state index contributed by atoms with van der Waals surface area (Å²) in [7, 11) is 6.90. The molecule has 3 aromatic rings. The minimum atomic E-state index is -3.46. The van der Waals surface area contributed by atoms with Crippen molar-refractivity contribution in [1.82, 2.24) is 0 Å². The second-order valence-corrected chi connectivity index (χ2v) is 17.4. The summed E-state index contributed by atoms with van der Waals surface area (Å²) >= 11 is 2.38. The molecule has 0 aromatic heterocycles. The van der Waals surface area contributed by atoms with E-state index in [4.69, 9.17) is 28.4 Å². The van der Waals surface area contributed by atoms with Gasteiger partial charge in [-0.15, -0.1) is 0 Å². The first-order valence-corrected chi connectivity index (χ1v) is 17.4. The van der Waals surface area contributed by atoms with E-state index in [1.807, 2.05) is 20.8 Å². The van der Waals surface area contributed by atoms with Crippen molar-refractivity contribution < 1.29 is 86.1 Å². The van der Waals surface area contributed by atoms with Crippen LogP contribution < -0.4 is 81.2 Å². The van der Waals surface area contributed by atoms with Gasteiger partial charge in [0.1, 0.15) is 0 Å². The summed E-state index contributed by atoms with van der Waals surface area (Å²) in [5.41, 5.74) is 8.13. The number of rotatable bonds is 10. The second kappa shape index (κ2) is 16.4. The zero-order valence-corrected chi connectivity index (χ0v) is 34.4. The Hall–Kier alpha value is -2.26. The first kappa shape index (κ1) is 42.8. The SMILES string of the molecule is COc1cc([Si](c2cc(OC)c(C)cc2OC)(c2cc(OC)c(C)cc2OC)[C]2([Ti+3])C(C)=C(C)C(C)=C2C)c(OC)cc1C.[Cl-].[Cl-].[Cl-]. The Balaban J connectivity index is 0.00000368. The molecule has 0 fully saturated rings. The van der Waals surface area contributed by atoms with Crippen molar-refractivity contribution in [2.45, 2.75) is 51.8 Å². The molecule has 0 spiro atoms. The molecule has 0 amide bonds. The van der Waals surface area contributed by atoms with Gasteiger partial charge in [-0.3, -0.25) is 0 Å². The topological polar surface area (TPSA) is 55.4 Å². The minimum Gasteiger partial charge on any atom is -1.00 e. The van der Waals surface area contributed by atoms with Crippen molar-refractivity contribution in [2.75, 3.05) is 42.7 Å². The first-order valence-electron chi connectivity index (χ1n) is 14.6. The molecule has 0 N–H and O–H groups in total. The molecule has 0 heterocycles. The van der Waals surface area contributed by atoms with Crippen LogP contribution in [0, 0.1) is 20.8 Å². The molecule has 0 atom stereocenters. The quantitative estimate of drug-likeness (QED) is 0.164. The maximum atomic E-state index is 6.31. The van der Waals surface area contributed by atoms with Crippen molar-refractivity contribution in [1.29, 1.82) is 0 Å². The number of hydrogen-bond acceptors (Lipinski definition) is 6. The predicted molar refractivity (Wildman–Crippen MR) is 177 cm³/mol. The van der Waals surface area contributed by atoms with Crippen LogP contribution in [-0.2, 0) is 20.4 Å². The van der Waals surface area contributed by atoms with E-state index in [-0.39, 0.29) is 37.2 Å². The number of allylic oxidation sites excluding steroid dienone is 4. The first-order chi connectivity index (χ1) is 20.8. The van der Waals surface area contributed by atoms with Gasteiger partial charge in [0, 0.05) is 0 Å². The van der Waals surface area contributed by atoms with Crippen molar-refractivity contribution in [3.05, 3.63) is 75.4 Å². The molecule has 11 heteroatoms. The zero-order chi connectivity index (χ0) is 32.7. The van der Waals surface area contributed by atoms with Crippen LogP contribution in [0.3, 0.4) is 0 Å². The van der Waals surface area contributed by atoms with Crippen molar-refractivity contribution in [3.8, 4) is 34.5 Å². The van der Waals surface area contributed by atoms with Crippen LogP contribution in [0.1, 0.15) is 44.4 Å². The van der Waals surface area contributed by atoms with Crippen molar-refractivity contribution >= 4 is 23.6 Å². The fourth-order valence-corrected chi connectivity index (χ4v) is 15.8. The summed E-state index contributed by atoms with van der Waals surface area (Å²) in [6.07, 6.45) is 0. The Morgan fingerprint density at radius 1 is 0.426 bits per heavy atom. The standard InChI is InChI=1S/C36H45O6Si.3ClH.Ti/c1-20-14-30(40-11)33(17-27(20)37-8)43(36-25(6)23(4)24(5)26(36)7,34-18-28(38-9)21(2)15-31(34)41-12)35-19-29(39-10)22(3)16-32(35)42-13;;;;/h14-19H,1-13H3;3*1H;/q;;;;+3/p-3. The van der Waals surface area contributed by atoms with Crippen LogP contribution in [-0.4, -0.2) is 50.7 Å². The maximum Gasteiger partial charge on any atom is -1.00 e. The average Bonchev–Trinajstić information content (AvgIpc) is 3.17. The fourth-order valence-electron chi connectivity index (χ4n) is 7.04. The van der Waals surface area contributed by atoms with Gasteiger partial charge in [-0.2, -0.15) is 0 Å². The largest absolute Gasteiger partial charge is 1.00 e. The van der Waals surface area contributed by atoms with Gasteiger partial charge in [0.05, 0.1) is 0 Å².